The summed E-state index contributed by atoms with van der Waals surface area (Å²) >= 11 is 0. The summed E-state index contributed by atoms with van der Waals surface area (Å²) in [4.78, 5) is 15.6. The average Bonchev–Trinajstić information content (AvgIpc) is 2.64. The van der Waals surface area contributed by atoms with E-state index in [-0.39, 0.29) is 13.2 Å². The van der Waals surface area contributed by atoms with Gasteiger partial charge in [-0.2, -0.15) is 0 Å². The van der Waals surface area contributed by atoms with Crippen LogP contribution in [-0.2, 0) is 4.74 Å². The average molecular weight is 221 g/mol. The number of fused-ring (bicyclic) bond motifs is 1. The molecule has 1 N–H and O–H groups in total. The van der Waals surface area contributed by atoms with Crippen LogP contribution in [0.4, 0.5) is 0 Å². The summed E-state index contributed by atoms with van der Waals surface area (Å²) in [5.41, 5.74) is 1.65. The Bertz CT molecular complexity index is 518. The highest BCUT2D eigenvalue weighted by Crippen LogP contribution is 2.17. The monoisotopic (exact) mass is 221 g/mol. The van der Waals surface area contributed by atoms with Gasteiger partial charge in [0.2, 0.25) is 0 Å². The second kappa shape index (κ2) is 4.32. The third-order valence-electron chi connectivity index (χ3n) is 2.05. The van der Waals surface area contributed by atoms with Crippen LogP contribution >= 0.6 is 0 Å². The highest BCUT2D eigenvalue weighted by molar-refractivity contribution is 5.93. The maximum atomic E-state index is 11.5. The number of nitrogens with zero attached hydrogens (tertiary/aromatic N) is 1. The number of hydrogen-bond donors (Lipinski definition) is 1. The topological polar surface area (TPSA) is 72.6 Å². The van der Waals surface area contributed by atoms with Crippen molar-refractivity contribution in [3.63, 3.8) is 0 Å². The number of aliphatic hydroxyl groups is 1. The van der Waals surface area contributed by atoms with Crippen molar-refractivity contribution in [2.45, 2.75) is 6.92 Å². The molecule has 0 atom stereocenters. The lowest BCUT2D eigenvalue weighted by Gasteiger charge is -2.01. The van der Waals surface area contributed by atoms with Crippen LogP contribution in [0, 0.1) is 6.92 Å². The van der Waals surface area contributed by atoms with Gasteiger partial charge in [0.15, 0.2) is 11.5 Å². The molecule has 16 heavy (non-hydrogen) atoms. The molecule has 0 aliphatic rings. The molecular weight excluding hydrogens is 210 g/mol. The van der Waals surface area contributed by atoms with Gasteiger partial charge in [-0.1, -0.05) is 0 Å². The molecule has 1 aromatic heterocycles. The predicted molar refractivity (Wildman–Crippen MR) is 56.1 cm³/mol. The molecule has 0 aliphatic heterocycles. The number of hydrogen-bond acceptors (Lipinski definition) is 5. The second-order valence-corrected chi connectivity index (χ2v) is 3.27. The van der Waals surface area contributed by atoms with Crippen molar-refractivity contribution in [1.82, 2.24) is 4.98 Å². The van der Waals surface area contributed by atoms with E-state index in [4.69, 9.17) is 14.3 Å². The number of carbonyl (C=O) groups excluding carboxylic acids is 1. The Kier molecular flexibility index (Phi) is 2.87. The Balaban J connectivity index is 2.28. The molecule has 0 amide bonds. The first-order valence-corrected chi connectivity index (χ1v) is 4.86. The van der Waals surface area contributed by atoms with E-state index < -0.39 is 5.97 Å². The van der Waals surface area contributed by atoms with Crippen molar-refractivity contribution in [1.29, 1.82) is 0 Å². The minimum Gasteiger partial charge on any atom is -0.460 e. The summed E-state index contributed by atoms with van der Waals surface area (Å²) in [6, 6.07) is 4.88. The largest absolute Gasteiger partial charge is 0.460 e. The van der Waals surface area contributed by atoms with Crippen LogP contribution in [0.2, 0.25) is 0 Å². The Morgan fingerprint density at radius 1 is 1.56 bits per heavy atom. The molecule has 0 unspecified atom stereocenters. The number of oxazole rings is 1. The number of carbonyl (C=O) groups is 1. The summed E-state index contributed by atoms with van der Waals surface area (Å²) in [6.45, 7) is 1.55. The van der Waals surface area contributed by atoms with Crippen molar-refractivity contribution >= 4 is 17.1 Å². The van der Waals surface area contributed by atoms with E-state index in [0.717, 1.165) is 0 Å². The molecule has 1 heterocycles. The van der Waals surface area contributed by atoms with E-state index >= 15 is 0 Å². The molecule has 5 nitrogen and oxygen atoms in total. The smallest absolute Gasteiger partial charge is 0.338 e. The van der Waals surface area contributed by atoms with Gasteiger partial charge in [0.25, 0.3) is 0 Å². The zero-order valence-corrected chi connectivity index (χ0v) is 8.77. The summed E-state index contributed by atoms with van der Waals surface area (Å²) in [5, 5.41) is 8.53. The Hall–Kier alpha value is -1.88. The lowest BCUT2D eigenvalue weighted by molar-refractivity contribution is 0.0434. The van der Waals surface area contributed by atoms with E-state index in [1.54, 1.807) is 25.1 Å². The van der Waals surface area contributed by atoms with E-state index in [0.29, 0.717) is 22.6 Å². The lowest BCUT2D eigenvalue weighted by Crippen LogP contribution is -2.08. The minimum absolute atomic E-state index is 0.00524. The molecule has 0 bridgehead atoms. The van der Waals surface area contributed by atoms with Crippen molar-refractivity contribution in [2.24, 2.45) is 0 Å². The molecule has 2 aromatic rings. The van der Waals surface area contributed by atoms with Gasteiger partial charge in [-0.05, 0) is 18.2 Å². The third kappa shape index (κ3) is 2.04. The van der Waals surface area contributed by atoms with Gasteiger partial charge in [-0.3, -0.25) is 0 Å². The molecule has 5 heteroatoms. The fourth-order valence-corrected chi connectivity index (χ4v) is 1.39. The summed E-state index contributed by atoms with van der Waals surface area (Å²) in [5.74, 6) is 0.0764. The number of esters is 1. The maximum absolute atomic E-state index is 11.5. The Labute approximate surface area is 91.7 Å². The number of ether oxygens (including phenoxy) is 1. The first kappa shape index (κ1) is 10.6. The molecule has 0 saturated heterocycles. The van der Waals surface area contributed by atoms with Crippen LogP contribution in [0.25, 0.3) is 11.1 Å². The van der Waals surface area contributed by atoms with Crippen LogP contribution in [0.3, 0.4) is 0 Å². The van der Waals surface area contributed by atoms with Crippen molar-refractivity contribution in [3.8, 4) is 0 Å². The highest BCUT2D eigenvalue weighted by atomic mass is 16.5. The molecule has 84 valence electrons. The van der Waals surface area contributed by atoms with Crippen LogP contribution < -0.4 is 0 Å². The van der Waals surface area contributed by atoms with Gasteiger partial charge in [-0.15, -0.1) is 0 Å². The Morgan fingerprint density at radius 2 is 2.38 bits per heavy atom. The maximum Gasteiger partial charge on any atom is 0.338 e. The fourth-order valence-electron chi connectivity index (χ4n) is 1.39. The molecule has 2 rings (SSSR count). The molecular formula is C11H11NO4. The van der Waals surface area contributed by atoms with Gasteiger partial charge < -0.3 is 14.3 Å². The van der Waals surface area contributed by atoms with Crippen molar-refractivity contribution in [3.05, 3.63) is 29.7 Å². The van der Waals surface area contributed by atoms with E-state index in [1.807, 2.05) is 0 Å². The summed E-state index contributed by atoms with van der Waals surface area (Å²) < 4.78 is 10.1. The highest BCUT2D eigenvalue weighted by Gasteiger charge is 2.10. The van der Waals surface area contributed by atoms with Crippen molar-refractivity contribution < 1.29 is 19.1 Å². The van der Waals surface area contributed by atoms with Crippen molar-refractivity contribution in [2.75, 3.05) is 13.2 Å². The van der Waals surface area contributed by atoms with E-state index in [1.165, 1.54) is 0 Å². The second-order valence-electron chi connectivity index (χ2n) is 3.27. The number of aromatic nitrogens is 1. The van der Waals surface area contributed by atoms with Crippen LogP contribution in [0.1, 0.15) is 16.2 Å². The lowest BCUT2D eigenvalue weighted by atomic mass is 10.2. The first-order valence-electron chi connectivity index (χ1n) is 4.86. The predicted octanol–water partition coefficient (Wildman–Crippen LogP) is 1.29. The van der Waals surface area contributed by atoms with E-state index in [9.17, 15) is 4.79 Å². The SMILES string of the molecule is Cc1nc2cc(C(=O)OCCO)ccc2o1. The molecule has 0 spiro atoms. The fraction of sp³-hybridized carbons (Fsp3) is 0.273. The third-order valence-corrected chi connectivity index (χ3v) is 2.05. The van der Waals surface area contributed by atoms with Gasteiger partial charge in [0.05, 0.1) is 12.2 Å². The zero-order valence-electron chi connectivity index (χ0n) is 8.77. The van der Waals surface area contributed by atoms with Gasteiger partial charge in [0, 0.05) is 6.92 Å². The van der Waals surface area contributed by atoms with Crippen LogP contribution in [0.15, 0.2) is 22.6 Å². The summed E-state index contributed by atoms with van der Waals surface area (Å²) in [7, 11) is 0. The number of benzene rings is 1. The normalized spacial score (nSPS) is 10.6. The minimum atomic E-state index is -0.475. The molecule has 0 saturated carbocycles. The number of rotatable bonds is 3. The molecule has 1 aromatic carbocycles. The quantitative estimate of drug-likeness (QED) is 0.790. The number of aliphatic hydroxyl groups excluding tert-OH is 1. The number of aryl methyl sites for hydroxylation is 1. The molecule has 0 fully saturated rings. The van der Waals surface area contributed by atoms with E-state index in [2.05, 4.69) is 4.98 Å². The standard InChI is InChI=1S/C11H11NO4/c1-7-12-9-6-8(2-3-10(9)16-7)11(14)15-5-4-13/h2-3,6,13H,4-5H2,1H3. The van der Waals surface area contributed by atoms with Gasteiger partial charge in [-0.25, -0.2) is 9.78 Å². The zero-order chi connectivity index (χ0) is 11.5. The molecule has 0 radical (unpaired) electrons. The van der Waals surface area contributed by atoms with Gasteiger partial charge >= 0.3 is 5.97 Å². The molecule has 0 aliphatic carbocycles. The Morgan fingerprint density at radius 3 is 3.12 bits per heavy atom. The summed E-state index contributed by atoms with van der Waals surface area (Å²) in [6.07, 6.45) is 0. The van der Waals surface area contributed by atoms with Crippen LogP contribution in [-0.4, -0.2) is 29.3 Å². The van der Waals surface area contributed by atoms with Gasteiger partial charge in [0.1, 0.15) is 12.1 Å². The van der Waals surface area contributed by atoms with Crippen LogP contribution in [0.5, 0.6) is 0 Å². The first-order chi connectivity index (χ1) is 7.70.